The number of hydrogen-bond donors (Lipinski definition) is 0. The standard InChI is InChI=1S/C24H18N2O2/c27-26(28)22-13-11-18(12-14-22)15-19-16-23(20-7-3-1-4-8-20)25-24(17-19)21-9-5-2-6-10-21/h1-14,16-17H,15H2. The minimum absolute atomic E-state index is 0.105. The van der Waals surface area contributed by atoms with Gasteiger partial charge in [-0.2, -0.15) is 0 Å². The van der Waals surface area contributed by atoms with Gasteiger partial charge in [-0.25, -0.2) is 4.98 Å². The van der Waals surface area contributed by atoms with Crippen molar-refractivity contribution in [2.45, 2.75) is 6.42 Å². The van der Waals surface area contributed by atoms with E-state index in [4.69, 9.17) is 4.98 Å². The first-order valence-corrected chi connectivity index (χ1v) is 9.04. The van der Waals surface area contributed by atoms with Crippen molar-refractivity contribution in [3.63, 3.8) is 0 Å². The summed E-state index contributed by atoms with van der Waals surface area (Å²) >= 11 is 0. The molecule has 0 saturated heterocycles. The number of pyridine rings is 1. The highest BCUT2D eigenvalue weighted by molar-refractivity contribution is 5.67. The second-order valence-corrected chi connectivity index (χ2v) is 6.58. The average Bonchev–Trinajstić information content (AvgIpc) is 2.75. The molecule has 4 aromatic rings. The van der Waals surface area contributed by atoms with Crippen LogP contribution in [0.5, 0.6) is 0 Å². The summed E-state index contributed by atoms with van der Waals surface area (Å²) in [5, 5.41) is 10.9. The van der Waals surface area contributed by atoms with Gasteiger partial charge in [-0.15, -0.1) is 0 Å². The van der Waals surface area contributed by atoms with Crippen LogP contribution in [0.3, 0.4) is 0 Å². The number of non-ortho nitro benzene ring substituents is 1. The van der Waals surface area contributed by atoms with Crippen LogP contribution in [0.2, 0.25) is 0 Å². The molecule has 3 aromatic carbocycles. The number of aromatic nitrogens is 1. The van der Waals surface area contributed by atoms with E-state index in [1.165, 1.54) is 0 Å². The van der Waals surface area contributed by atoms with Gasteiger partial charge in [0.2, 0.25) is 0 Å². The second kappa shape index (κ2) is 7.84. The summed E-state index contributed by atoms with van der Waals surface area (Å²) < 4.78 is 0. The van der Waals surface area contributed by atoms with Crippen LogP contribution in [0.1, 0.15) is 11.1 Å². The molecule has 1 aromatic heterocycles. The molecule has 4 rings (SSSR count). The van der Waals surface area contributed by atoms with Gasteiger partial charge in [0.15, 0.2) is 0 Å². The third-order valence-corrected chi connectivity index (χ3v) is 4.58. The SMILES string of the molecule is O=[N+]([O-])c1ccc(Cc2cc(-c3ccccc3)nc(-c3ccccc3)c2)cc1. The molecule has 0 bridgehead atoms. The van der Waals surface area contributed by atoms with E-state index in [1.54, 1.807) is 12.1 Å². The van der Waals surface area contributed by atoms with Gasteiger partial charge < -0.3 is 0 Å². The summed E-state index contributed by atoms with van der Waals surface area (Å²) in [5.41, 5.74) is 6.19. The summed E-state index contributed by atoms with van der Waals surface area (Å²) in [6, 6.07) is 31.1. The van der Waals surface area contributed by atoms with Crippen molar-refractivity contribution < 1.29 is 4.92 Å². The Morgan fingerprint density at radius 3 is 1.64 bits per heavy atom. The summed E-state index contributed by atoms with van der Waals surface area (Å²) in [7, 11) is 0. The van der Waals surface area contributed by atoms with E-state index >= 15 is 0 Å². The zero-order chi connectivity index (χ0) is 19.3. The molecular weight excluding hydrogens is 348 g/mol. The Morgan fingerprint density at radius 1 is 0.679 bits per heavy atom. The third-order valence-electron chi connectivity index (χ3n) is 4.58. The topological polar surface area (TPSA) is 56.0 Å². The van der Waals surface area contributed by atoms with Gasteiger partial charge >= 0.3 is 0 Å². The highest BCUT2D eigenvalue weighted by atomic mass is 16.6. The number of nitro benzene ring substituents is 1. The lowest BCUT2D eigenvalue weighted by atomic mass is 10.00. The lowest BCUT2D eigenvalue weighted by molar-refractivity contribution is -0.384. The van der Waals surface area contributed by atoms with Crippen molar-refractivity contribution in [1.29, 1.82) is 0 Å². The van der Waals surface area contributed by atoms with Crippen molar-refractivity contribution in [2.75, 3.05) is 0 Å². The highest BCUT2D eigenvalue weighted by Gasteiger charge is 2.09. The Bertz CT molecular complexity index is 1030. The molecule has 0 spiro atoms. The fourth-order valence-corrected chi connectivity index (χ4v) is 3.17. The quantitative estimate of drug-likeness (QED) is 0.326. The van der Waals surface area contributed by atoms with Gasteiger partial charge in [-0.05, 0) is 29.7 Å². The maximum Gasteiger partial charge on any atom is 0.269 e. The molecule has 0 saturated carbocycles. The number of hydrogen-bond acceptors (Lipinski definition) is 3. The first-order chi connectivity index (χ1) is 13.7. The molecule has 0 amide bonds. The molecule has 0 unspecified atom stereocenters. The molecule has 0 N–H and O–H groups in total. The summed E-state index contributed by atoms with van der Waals surface area (Å²) in [4.78, 5) is 15.4. The average molecular weight is 366 g/mol. The maximum absolute atomic E-state index is 10.9. The smallest absolute Gasteiger partial charge is 0.258 e. The minimum Gasteiger partial charge on any atom is -0.258 e. The van der Waals surface area contributed by atoms with Crippen LogP contribution < -0.4 is 0 Å². The molecule has 0 aliphatic rings. The van der Waals surface area contributed by atoms with Crippen molar-refractivity contribution in [3.05, 3.63) is 118 Å². The van der Waals surface area contributed by atoms with Gasteiger partial charge in [-0.3, -0.25) is 10.1 Å². The first kappa shape index (κ1) is 17.6. The largest absolute Gasteiger partial charge is 0.269 e. The number of nitro groups is 1. The van der Waals surface area contributed by atoms with E-state index in [1.807, 2.05) is 72.8 Å². The van der Waals surface area contributed by atoms with E-state index in [-0.39, 0.29) is 10.6 Å². The normalized spacial score (nSPS) is 10.6. The molecule has 0 aliphatic heterocycles. The van der Waals surface area contributed by atoms with Crippen molar-refractivity contribution in [1.82, 2.24) is 4.98 Å². The van der Waals surface area contributed by atoms with Gasteiger partial charge in [-0.1, -0.05) is 72.8 Å². The van der Waals surface area contributed by atoms with Crippen molar-refractivity contribution >= 4 is 5.69 Å². The molecule has 0 atom stereocenters. The molecule has 1 heterocycles. The monoisotopic (exact) mass is 366 g/mol. The van der Waals surface area contributed by atoms with Crippen LogP contribution >= 0.6 is 0 Å². The van der Waals surface area contributed by atoms with Gasteiger partial charge in [0.05, 0.1) is 16.3 Å². The van der Waals surface area contributed by atoms with Crippen LogP contribution in [0.25, 0.3) is 22.5 Å². The van der Waals surface area contributed by atoms with Crippen LogP contribution in [0, 0.1) is 10.1 Å². The Balaban J connectivity index is 1.74. The maximum atomic E-state index is 10.9. The Labute approximate surface area is 163 Å². The van der Waals surface area contributed by atoms with Crippen LogP contribution in [-0.4, -0.2) is 9.91 Å². The summed E-state index contributed by atoms with van der Waals surface area (Å²) in [6.45, 7) is 0. The van der Waals surface area contributed by atoms with Crippen LogP contribution in [0.15, 0.2) is 97.1 Å². The van der Waals surface area contributed by atoms with Crippen LogP contribution in [-0.2, 0) is 6.42 Å². The number of benzene rings is 3. The fraction of sp³-hybridized carbons (Fsp3) is 0.0417. The van der Waals surface area contributed by atoms with Gasteiger partial charge in [0, 0.05) is 23.3 Å². The van der Waals surface area contributed by atoms with Crippen LogP contribution in [0.4, 0.5) is 5.69 Å². The Kier molecular flexibility index (Phi) is 4.93. The Morgan fingerprint density at radius 2 is 1.18 bits per heavy atom. The van der Waals surface area contributed by atoms with E-state index < -0.39 is 0 Å². The van der Waals surface area contributed by atoms with E-state index in [0.717, 1.165) is 33.6 Å². The zero-order valence-corrected chi connectivity index (χ0v) is 15.2. The van der Waals surface area contributed by atoms with E-state index in [0.29, 0.717) is 6.42 Å². The highest BCUT2D eigenvalue weighted by Crippen LogP contribution is 2.26. The molecule has 4 nitrogen and oxygen atoms in total. The third kappa shape index (κ3) is 3.96. The van der Waals surface area contributed by atoms with Gasteiger partial charge in [0.1, 0.15) is 0 Å². The van der Waals surface area contributed by atoms with Crippen molar-refractivity contribution in [3.8, 4) is 22.5 Å². The fourth-order valence-electron chi connectivity index (χ4n) is 3.17. The molecule has 28 heavy (non-hydrogen) atoms. The predicted octanol–water partition coefficient (Wildman–Crippen LogP) is 5.91. The molecule has 4 heteroatoms. The Hall–Kier alpha value is -3.79. The minimum atomic E-state index is -0.378. The molecule has 136 valence electrons. The number of nitrogens with zero attached hydrogens (tertiary/aromatic N) is 2. The second-order valence-electron chi connectivity index (χ2n) is 6.58. The van der Waals surface area contributed by atoms with E-state index in [9.17, 15) is 10.1 Å². The predicted molar refractivity (Wildman–Crippen MR) is 111 cm³/mol. The zero-order valence-electron chi connectivity index (χ0n) is 15.2. The summed E-state index contributed by atoms with van der Waals surface area (Å²) in [6.07, 6.45) is 0.681. The number of rotatable bonds is 5. The molecule has 0 fully saturated rings. The van der Waals surface area contributed by atoms with Gasteiger partial charge in [0.25, 0.3) is 5.69 Å². The lowest BCUT2D eigenvalue weighted by Crippen LogP contribution is -1.95. The molecular formula is C24H18N2O2. The molecule has 0 radical (unpaired) electrons. The summed E-state index contributed by atoms with van der Waals surface area (Å²) in [5.74, 6) is 0. The lowest BCUT2D eigenvalue weighted by Gasteiger charge is -2.10. The van der Waals surface area contributed by atoms with E-state index in [2.05, 4.69) is 12.1 Å². The van der Waals surface area contributed by atoms with Crippen molar-refractivity contribution in [2.24, 2.45) is 0 Å². The first-order valence-electron chi connectivity index (χ1n) is 9.04. The molecule has 0 aliphatic carbocycles.